The van der Waals surface area contributed by atoms with Gasteiger partial charge < -0.3 is 14.5 Å². The summed E-state index contributed by atoms with van der Waals surface area (Å²) in [4.78, 5) is 11.4. The number of hydrazone groups is 1. The minimum atomic E-state index is -0.369. The molecule has 6 nitrogen and oxygen atoms in total. The normalized spacial score (nSPS) is 10.5. The van der Waals surface area contributed by atoms with Crippen molar-refractivity contribution in [2.75, 3.05) is 13.7 Å². The second kappa shape index (κ2) is 8.09. The highest BCUT2D eigenvalue weighted by atomic mass is 32.1. The van der Waals surface area contributed by atoms with Crippen LogP contribution in [0.15, 0.2) is 45.9 Å². The Morgan fingerprint density at radius 1 is 1.30 bits per heavy atom. The van der Waals surface area contributed by atoms with E-state index in [0.717, 1.165) is 12.1 Å². The van der Waals surface area contributed by atoms with Crippen LogP contribution in [-0.2, 0) is 4.74 Å². The molecular formula is C16H17N3O3S. The quantitative estimate of drug-likeness (QED) is 0.379. The molecule has 0 unspecified atom stereocenters. The average Bonchev–Trinajstić information content (AvgIpc) is 3.03. The predicted octanol–water partition coefficient (Wildman–Crippen LogP) is 2.55. The molecule has 0 radical (unpaired) electrons. The van der Waals surface area contributed by atoms with E-state index in [9.17, 15) is 4.79 Å². The van der Waals surface area contributed by atoms with Crippen molar-refractivity contribution < 1.29 is 13.9 Å². The Hall–Kier alpha value is -2.67. The van der Waals surface area contributed by atoms with Crippen LogP contribution in [0.5, 0.6) is 0 Å². The van der Waals surface area contributed by atoms with Crippen molar-refractivity contribution in [3.05, 3.63) is 47.7 Å². The Labute approximate surface area is 139 Å². The first-order valence-electron chi connectivity index (χ1n) is 6.99. The number of ether oxygens (including phenoxy) is 1. The minimum Gasteiger partial charge on any atom is -0.465 e. The molecule has 2 aromatic rings. The van der Waals surface area contributed by atoms with E-state index in [1.54, 1.807) is 30.3 Å². The maximum atomic E-state index is 11.4. The van der Waals surface area contributed by atoms with Gasteiger partial charge in [-0.15, -0.1) is 0 Å². The largest absolute Gasteiger partial charge is 0.465 e. The summed E-state index contributed by atoms with van der Waals surface area (Å²) in [5.74, 6) is 0.896. The summed E-state index contributed by atoms with van der Waals surface area (Å²) in [5, 5.41) is 7.35. The van der Waals surface area contributed by atoms with E-state index in [1.807, 2.05) is 13.0 Å². The van der Waals surface area contributed by atoms with Crippen LogP contribution in [0.25, 0.3) is 11.3 Å². The van der Waals surface area contributed by atoms with Crippen LogP contribution in [0.3, 0.4) is 0 Å². The predicted molar refractivity (Wildman–Crippen MR) is 92.5 cm³/mol. The van der Waals surface area contributed by atoms with Gasteiger partial charge in [-0.25, -0.2) is 4.79 Å². The maximum absolute atomic E-state index is 11.4. The summed E-state index contributed by atoms with van der Waals surface area (Å²) >= 11 is 4.99. The fourth-order valence-electron chi connectivity index (χ4n) is 1.82. The van der Waals surface area contributed by atoms with Crippen LogP contribution in [0.4, 0.5) is 0 Å². The summed E-state index contributed by atoms with van der Waals surface area (Å²) in [6.07, 6.45) is 1.54. The third-order valence-electron chi connectivity index (χ3n) is 2.91. The standard InChI is InChI=1S/C16H17N3O3S/c1-3-17-16(23)19-18-10-13-8-9-14(22-13)11-4-6-12(7-5-11)15(20)21-2/h4-10H,3H2,1-2H3,(H2,17,19,23)/b18-10-. The van der Waals surface area contributed by atoms with E-state index in [2.05, 4.69) is 20.6 Å². The molecule has 0 fully saturated rings. The minimum absolute atomic E-state index is 0.369. The van der Waals surface area contributed by atoms with Crippen LogP contribution >= 0.6 is 12.2 Å². The summed E-state index contributed by atoms with van der Waals surface area (Å²) < 4.78 is 10.3. The first kappa shape index (κ1) is 16.7. The number of methoxy groups -OCH3 is 1. The van der Waals surface area contributed by atoms with Gasteiger partial charge in [0.15, 0.2) is 5.11 Å². The van der Waals surface area contributed by atoms with Gasteiger partial charge in [0, 0.05) is 12.1 Å². The molecule has 2 N–H and O–H groups in total. The van der Waals surface area contributed by atoms with Gasteiger partial charge in [-0.1, -0.05) is 12.1 Å². The number of hydrogen-bond donors (Lipinski definition) is 2. The number of thiocarbonyl (C=S) groups is 1. The van der Waals surface area contributed by atoms with Crippen LogP contribution in [0.2, 0.25) is 0 Å². The molecule has 0 atom stereocenters. The molecular weight excluding hydrogens is 314 g/mol. The number of benzene rings is 1. The molecule has 23 heavy (non-hydrogen) atoms. The van der Waals surface area contributed by atoms with Crippen LogP contribution in [0.1, 0.15) is 23.0 Å². The molecule has 0 spiro atoms. The van der Waals surface area contributed by atoms with Crippen LogP contribution in [-0.4, -0.2) is 31.0 Å². The van der Waals surface area contributed by atoms with Gasteiger partial charge in [-0.3, -0.25) is 5.43 Å². The Kier molecular flexibility index (Phi) is 5.87. The lowest BCUT2D eigenvalue weighted by Crippen LogP contribution is -2.31. The number of carbonyl (C=O) groups is 1. The molecule has 0 bridgehead atoms. The Morgan fingerprint density at radius 3 is 2.70 bits per heavy atom. The molecule has 120 valence electrons. The summed E-state index contributed by atoms with van der Waals surface area (Å²) in [6, 6.07) is 10.6. The summed E-state index contributed by atoms with van der Waals surface area (Å²) in [6.45, 7) is 2.68. The first-order valence-corrected chi connectivity index (χ1v) is 7.40. The fraction of sp³-hybridized carbons (Fsp3) is 0.188. The number of furan rings is 1. The molecule has 0 saturated heterocycles. The first-order chi connectivity index (χ1) is 11.1. The zero-order chi connectivity index (χ0) is 16.7. The van der Waals surface area contributed by atoms with E-state index in [1.165, 1.54) is 13.3 Å². The SMILES string of the molecule is CCNC(=S)N/N=C\c1ccc(-c2ccc(C(=O)OC)cc2)o1. The van der Waals surface area contributed by atoms with E-state index in [-0.39, 0.29) is 5.97 Å². The molecule has 0 aliphatic heterocycles. The highest BCUT2D eigenvalue weighted by molar-refractivity contribution is 7.80. The lowest BCUT2D eigenvalue weighted by molar-refractivity contribution is 0.0601. The van der Waals surface area contributed by atoms with Crippen molar-refractivity contribution >= 4 is 29.5 Å². The highest BCUT2D eigenvalue weighted by Crippen LogP contribution is 2.22. The van der Waals surface area contributed by atoms with Gasteiger partial charge >= 0.3 is 5.97 Å². The molecule has 1 aromatic carbocycles. The van der Waals surface area contributed by atoms with E-state index in [0.29, 0.717) is 22.2 Å². The van der Waals surface area contributed by atoms with Gasteiger partial charge in [-0.2, -0.15) is 5.10 Å². The van der Waals surface area contributed by atoms with Gasteiger partial charge in [-0.05, 0) is 43.4 Å². The second-order valence-electron chi connectivity index (χ2n) is 4.50. The van der Waals surface area contributed by atoms with Crippen molar-refractivity contribution in [3.63, 3.8) is 0 Å². The molecule has 2 rings (SSSR count). The fourth-order valence-corrected chi connectivity index (χ4v) is 2.02. The smallest absolute Gasteiger partial charge is 0.337 e. The number of esters is 1. The zero-order valence-corrected chi connectivity index (χ0v) is 13.6. The van der Waals surface area contributed by atoms with Crippen molar-refractivity contribution in [2.24, 2.45) is 5.10 Å². The third kappa shape index (κ3) is 4.65. The molecule has 0 amide bonds. The Bertz CT molecular complexity index is 708. The number of nitrogens with zero attached hydrogens (tertiary/aromatic N) is 1. The number of carbonyl (C=O) groups excluding carboxylic acids is 1. The van der Waals surface area contributed by atoms with Gasteiger partial charge in [0.05, 0.1) is 18.9 Å². The molecule has 1 aromatic heterocycles. The molecule has 0 aliphatic rings. The molecule has 7 heteroatoms. The van der Waals surface area contributed by atoms with Gasteiger partial charge in [0.25, 0.3) is 0 Å². The monoisotopic (exact) mass is 331 g/mol. The lowest BCUT2D eigenvalue weighted by atomic mass is 10.1. The molecule has 0 aliphatic carbocycles. The molecule has 1 heterocycles. The van der Waals surface area contributed by atoms with Gasteiger partial charge in [0.2, 0.25) is 0 Å². The Morgan fingerprint density at radius 2 is 2.04 bits per heavy atom. The van der Waals surface area contributed by atoms with E-state index >= 15 is 0 Å². The second-order valence-corrected chi connectivity index (χ2v) is 4.91. The van der Waals surface area contributed by atoms with Crippen molar-refractivity contribution in [3.8, 4) is 11.3 Å². The lowest BCUT2D eigenvalue weighted by Gasteiger charge is -2.02. The number of hydrogen-bond acceptors (Lipinski definition) is 5. The summed E-state index contributed by atoms with van der Waals surface area (Å²) in [7, 11) is 1.35. The molecule has 0 saturated carbocycles. The van der Waals surface area contributed by atoms with Crippen LogP contribution < -0.4 is 10.7 Å². The van der Waals surface area contributed by atoms with E-state index < -0.39 is 0 Å². The van der Waals surface area contributed by atoms with Crippen LogP contribution in [0, 0.1) is 0 Å². The average molecular weight is 331 g/mol. The highest BCUT2D eigenvalue weighted by Gasteiger charge is 2.07. The number of nitrogens with one attached hydrogen (secondary N) is 2. The third-order valence-corrected chi connectivity index (χ3v) is 3.15. The van der Waals surface area contributed by atoms with Crippen molar-refractivity contribution in [1.29, 1.82) is 0 Å². The van der Waals surface area contributed by atoms with Crippen molar-refractivity contribution in [2.45, 2.75) is 6.92 Å². The summed E-state index contributed by atoms with van der Waals surface area (Å²) in [5.41, 5.74) is 4.03. The zero-order valence-electron chi connectivity index (χ0n) is 12.8. The Balaban J connectivity index is 2.03. The van der Waals surface area contributed by atoms with Gasteiger partial charge in [0.1, 0.15) is 11.5 Å². The van der Waals surface area contributed by atoms with E-state index in [4.69, 9.17) is 16.6 Å². The topological polar surface area (TPSA) is 75.9 Å². The van der Waals surface area contributed by atoms with Crippen molar-refractivity contribution in [1.82, 2.24) is 10.7 Å². The maximum Gasteiger partial charge on any atom is 0.337 e. The number of rotatable bonds is 5.